The van der Waals surface area contributed by atoms with Gasteiger partial charge < -0.3 is 25.0 Å². The summed E-state index contributed by atoms with van der Waals surface area (Å²) in [6, 6.07) is -0.836. The van der Waals surface area contributed by atoms with Crippen LogP contribution in [0.3, 0.4) is 0 Å². The van der Waals surface area contributed by atoms with Crippen LogP contribution in [0.15, 0.2) is 42.5 Å². The van der Waals surface area contributed by atoms with E-state index in [0.29, 0.717) is 12.1 Å². The zero-order valence-corrected chi connectivity index (χ0v) is 22.3. The molecule has 2 aliphatic rings. The summed E-state index contributed by atoms with van der Waals surface area (Å²) in [5, 5.41) is 11.3. The van der Waals surface area contributed by atoms with E-state index in [0.717, 1.165) is 4.90 Å². The maximum absolute atomic E-state index is 13.7. The van der Waals surface area contributed by atoms with Crippen LogP contribution in [0.4, 0.5) is 35.9 Å². The molecule has 1 saturated heterocycles. The van der Waals surface area contributed by atoms with E-state index in [9.17, 15) is 35.9 Å². The number of alkyl carbamates (subject to hydrolysis) is 1. The number of carbonyl (C=O) groups excluding carboxylic acids is 2. The number of nitrogens with zero attached hydrogens (tertiary/aromatic N) is 2. The largest absolute Gasteiger partial charge is 0.446 e. The van der Waals surface area contributed by atoms with E-state index in [-0.39, 0.29) is 56.0 Å². The quantitative estimate of drug-likeness (QED) is 0.421. The van der Waals surface area contributed by atoms with E-state index < -0.39 is 53.8 Å². The van der Waals surface area contributed by atoms with Crippen molar-refractivity contribution >= 4 is 12.1 Å². The Morgan fingerprint density at radius 2 is 1.70 bits per heavy atom. The van der Waals surface area contributed by atoms with Gasteiger partial charge in [-0.1, -0.05) is 31.2 Å². The highest BCUT2D eigenvalue weighted by Crippen LogP contribution is 2.39. The van der Waals surface area contributed by atoms with Gasteiger partial charge in [-0.15, -0.1) is 0 Å². The number of carbonyl (C=O) groups is 2. The first-order chi connectivity index (χ1) is 18.6. The predicted molar refractivity (Wildman–Crippen MR) is 134 cm³/mol. The molecular weight excluding hydrogens is 544 g/mol. The summed E-state index contributed by atoms with van der Waals surface area (Å²) >= 11 is 0. The van der Waals surface area contributed by atoms with Gasteiger partial charge in [0, 0.05) is 44.9 Å². The van der Waals surface area contributed by atoms with Crippen molar-refractivity contribution in [3.05, 3.63) is 59.2 Å². The fraction of sp³-hybridized carbons (Fsp3) is 0.556. The van der Waals surface area contributed by atoms with Crippen LogP contribution in [-0.2, 0) is 17.1 Å². The SMILES string of the molecule is CC1C=CC=CC1[C@H]1C[C@@H](OC(=O)NCCO)CCN1C(=O)N(C)[C@H](C)c1cc(C(F)(F)F)cc(C(F)(F)F)c1. The zero-order chi connectivity index (χ0) is 29.8. The molecule has 2 N–H and O–H groups in total. The second kappa shape index (κ2) is 12.5. The first-order valence-corrected chi connectivity index (χ1v) is 12.9. The molecule has 0 saturated carbocycles. The molecule has 1 fully saturated rings. The Hall–Kier alpha value is -3.22. The van der Waals surface area contributed by atoms with Crippen molar-refractivity contribution in [2.24, 2.45) is 11.8 Å². The molecule has 0 spiro atoms. The average molecular weight is 578 g/mol. The number of piperidine rings is 1. The van der Waals surface area contributed by atoms with Gasteiger partial charge in [0.15, 0.2) is 0 Å². The van der Waals surface area contributed by atoms with Gasteiger partial charge in [0.05, 0.1) is 23.8 Å². The highest BCUT2D eigenvalue weighted by molar-refractivity contribution is 5.75. The summed E-state index contributed by atoms with van der Waals surface area (Å²) in [6.07, 6.45) is -3.13. The van der Waals surface area contributed by atoms with E-state index in [1.54, 1.807) is 4.90 Å². The highest BCUT2D eigenvalue weighted by atomic mass is 19.4. The van der Waals surface area contributed by atoms with Gasteiger partial charge in [-0.05, 0) is 36.6 Å². The molecule has 3 amide bonds. The Kier molecular flexibility index (Phi) is 9.81. The summed E-state index contributed by atoms with van der Waals surface area (Å²) < 4.78 is 86.0. The Bertz CT molecular complexity index is 1090. The van der Waals surface area contributed by atoms with E-state index >= 15 is 0 Å². The van der Waals surface area contributed by atoms with Crippen molar-refractivity contribution in [2.45, 2.75) is 57.2 Å². The number of ether oxygens (including phenoxy) is 1. The number of alkyl halides is 6. The number of hydrogen-bond acceptors (Lipinski definition) is 4. The molecule has 3 rings (SSSR count). The first-order valence-electron chi connectivity index (χ1n) is 12.9. The van der Waals surface area contributed by atoms with Crippen LogP contribution in [0.25, 0.3) is 0 Å². The maximum Gasteiger partial charge on any atom is 0.416 e. The van der Waals surface area contributed by atoms with E-state index in [2.05, 4.69) is 5.32 Å². The lowest BCUT2D eigenvalue weighted by Crippen LogP contribution is -2.56. The second-order valence-corrected chi connectivity index (χ2v) is 10.1. The Morgan fingerprint density at radius 3 is 2.25 bits per heavy atom. The van der Waals surface area contributed by atoms with Crippen molar-refractivity contribution in [1.29, 1.82) is 0 Å². The molecule has 1 heterocycles. The Morgan fingerprint density at radius 1 is 1.10 bits per heavy atom. The van der Waals surface area contributed by atoms with Gasteiger partial charge in [-0.2, -0.15) is 26.3 Å². The number of likely N-dealkylation sites (tertiary alicyclic amines) is 1. The fourth-order valence-corrected chi connectivity index (χ4v) is 5.05. The third-order valence-electron chi connectivity index (χ3n) is 7.38. The lowest BCUT2D eigenvalue weighted by molar-refractivity contribution is -0.143. The van der Waals surface area contributed by atoms with Gasteiger partial charge in [-0.3, -0.25) is 0 Å². The number of hydrogen-bond donors (Lipinski definition) is 2. The van der Waals surface area contributed by atoms with Crippen molar-refractivity contribution in [1.82, 2.24) is 15.1 Å². The van der Waals surface area contributed by atoms with E-state index in [4.69, 9.17) is 9.84 Å². The summed E-state index contributed by atoms with van der Waals surface area (Å²) in [5.41, 5.74) is -3.20. The molecule has 222 valence electrons. The molecule has 0 bridgehead atoms. The van der Waals surface area contributed by atoms with Gasteiger partial charge in [0.25, 0.3) is 0 Å². The van der Waals surface area contributed by atoms with Gasteiger partial charge in [0.1, 0.15) is 6.10 Å². The summed E-state index contributed by atoms with van der Waals surface area (Å²) in [5.74, 6) is -0.164. The van der Waals surface area contributed by atoms with Crippen LogP contribution in [0.5, 0.6) is 0 Å². The molecule has 7 nitrogen and oxygen atoms in total. The summed E-state index contributed by atoms with van der Waals surface area (Å²) in [6.45, 7) is 3.23. The van der Waals surface area contributed by atoms with Crippen LogP contribution in [-0.4, -0.2) is 65.9 Å². The van der Waals surface area contributed by atoms with Gasteiger partial charge in [0.2, 0.25) is 0 Å². The van der Waals surface area contributed by atoms with Crippen LogP contribution in [0, 0.1) is 11.8 Å². The smallest absolute Gasteiger partial charge is 0.416 e. The molecule has 2 unspecified atom stereocenters. The number of aliphatic hydroxyl groups excluding tert-OH is 1. The summed E-state index contributed by atoms with van der Waals surface area (Å²) in [7, 11) is 1.34. The monoisotopic (exact) mass is 577 g/mol. The van der Waals surface area contributed by atoms with Crippen LogP contribution in [0.1, 0.15) is 49.4 Å². The minimum absolute atomic E-state index is 0.00723. The average Bonchev–Trinajstić information content (AvgIpc) is 2.89. The second-order valence-electron chi connectivity index (χ2n) is 10.1. The molecule has 0 radical (unpaired) electrons. The first kappa shape index (κ1) is 31.3. The maximum atomic E-state index is 13.7. The number of amides is 3. The van der Waals surface area contributed by atoms with Gasteiger partial charge in [-0.25, -0.2) is 9.59 Å². The molecule has 1 aliphatic heterocycles. The topological polar surface area (TPSA) is 82.1 Å². The lowest BCUT2D eigenvalue weighted by atomic mass is 9.79. The third-order valence-corrected chi connectivity index (χ3v) is 7.38. The van der Waals surface area contributed by atoms with Crippen LogP contribution < -0.4 is 5.32 Å². The van der Waals surface area contributed by atoms with Gasteiger partial charge >= 0.3 is 24.5 Å². The van der Waals surface area contributed by atoms with Crippen molar-refractivity contribution in [3.8, 4) is 0 Å². The minimum atomic E-state index is -5.01. The number of urea groups is 1. The molecule has 1 aromatic carbocycles. The van der Waals surface area contributed by atoms with E-state index in [1.807, 2.05) is 31.2 Å². The fourth-order valence-electron chi connectivity index (χ4n) is 5.05. The predicted octanol–water partition coefficient (Wildman–Crippen LogP) is 5.77. The lowest BCUT2D eigenvalue weighted by Gasteiger charge is -2.45. The number of benzene rings is 1. The number of rotatable bonds is 6. The minimum Gasteiger partial charge on any atom is -0.446 e. The number of nitrogens with one attached hydrogen (secondary N) is 1. The molecule has 13 heteroatoms. The summed E-state index contributed by atoms with van der Waals surface area (Å²) in [4.78, 5) is 28.5. The standard InChI is InChI=1S/C27H33F6N3O4/c1-16-6-4-5-7-22(16)23-15-21(40-24(38)34-9-11-37)8-10-36(23)25(39)35(3)17(2)18-12-19(26(28,29)30)14-20(13-18)27(31,32)33/h4-7,12-14,16-17,21-23,37H,8-11,15H2,1-3H3,(H,34,38)/t16?,17-,21+,22?,23-/m1/s1. The Balaban J connectivity index is 1.87. The number of allylic oxidation sites excluding steroid dienone is 3. The number of aliphatic hydroxyl groups is 1. The molecule has 5 atom stereocenters. The van der Waals surface area contributed by atoms with Crippen LogP contribution >= 0.6 is 0 Å². The third kappa shape index (κ3) is 7.49. The molecule has 0 aromatic heterocycles. The zero-order valence-electron chi connectivity index (χ0n) is 22.3. The molecule has 1 aliphatic carbocycles. The Labute approximate surface area is 228 Å². The molecule has 1 aromatic rings. The number of halogens is 6. The van der Waals surface area contributed by atoms with Crippen LogP contribution in [0.2, 0.25) is 0 Å². The van der Waals surface area contributed by atoms with Crippen molar-refractivity contribution in [3.63, 3.8) is 0 Å². The van der Waals surface area contributed by atoms with Crippen molar-refractivity contribution in [2.75, 3.05) is 26.7 Å². The molecular formula is C27H33F6N3O4. The van der Waals surface area contributed by atoms with Crippen molar-refractivity contribution < 1.29 is 45.8 Å². The molecule has 40 heavy (non-hydrogen) atoms. The normalized spacial score (nSPS) is 24.0. The highest BCUT2D eigenvalue weighted by Gasteiger charge is 2.42. The van der Waals surface area contributed by atoms with E-state index in [1.165, 1.54) is 14.0 Å².